The largest absolute Gasteiger partial charge is 0.389 e. The van der Waals surface area contributed by atoms with E-state index in [9.17, 15) is 0 Å². The van der Waals surface area contributed by atoms with Crippen LogP contribution in [0.15, 0.2) is 18.2 Å². The van der Waals surface area contributed by atoms with Gasteiger partial charge in [0, 0.05) is 41.7 Å². The summed E-state index contributed by atoms with van der Waals surface area (Å²) in [6.45, 7) is 3.19. The fraction of sp³-hybridized carbons (Fsp3) is 0.417. The van der Waals surface area contributed by atoms with E-state index in [1.165, 1.54) is 11.5 Å². The van der Waals surface area contributed by atoms with Gasteiger partial charge in [0.15, 0.2) is 0 Å². The van der Waals surface area contributed by atoms with Gasteiger partial charge in [0.25, 0.3) is 0 Å². The van der Waals surface area contributed by atoms with Crippen molar-refractivity contribution in [1.29, 1.82) is 0 Å². The van der Waals surface area contributed by atoms with Crippen LogP contribution in [-0.2, 0) is 6.54 Å². The molecule has 0 aromatic heterocycles. The zero-order chi connectivity index (χ0) is 12.3. The zero-order valence-corrected chi connectivity index (χ0v) is 11.9. The summed E-state index contributed by atoms with van der Waals surface area (Å²) in [5.41, 5.74) is 7.56. The molecule has 2 rings (SSSR count). The summed E-state index contributed by atoms with van der Waals surface area (Å²) in [5, 5.41) is 0.758. The van der Waals surface area contributed by atoms with Gasteiger partial charge in [-0.25, -0.2) is 0 Å². The molecule has 17 heavy (non-hydrogen) atoms. The summed E-state index contributed by atoms with van der Waals surface area (Å²) in [5.74, 6) is 2.42. The number of halogens is 1. The number of benzene rings is 1. The molecular formula is C12H15ClN2S2. The van der Waals surface area contributed by atoms with Crippen LogP contribution in [-0.4, -0.2) is 34.5 Å². The minimum absolute atomic E-state index is 0.396. The second-order valence-electron chi connectivity index (χ2n) is 4.06. The van der Waals surface area contributed by atoms with E-state index < -0.39 is 0 Å². The van der Waals surface area contributed by atoms with Gasteiger partial charge in [-0.1, -0.05) is 36.0 Å². The molecule has 0 unspecified atom stereocenters. The molecule has 0 aliphatic carbocycles. The molecule has 0 amide bonds. The minimum atomic E-state index is 0.396. The molecule has 0 radical (unpaired) electrons. The van der Waals surface area contributed by atoms with Crippen molar-refractivity contribution in [3.63, 3.8) is 0 Å². The normalized spacial score (nSPS) is 17.0. The van der Waals surface area contributed by atoms with E-state index in [1.54, 1.807) is 0 Å². The Morgan fingerprint density at radius 2 is 2.12 bits per heavy atom. The van der Waals surface area contributed by atoms with Crippen molar-refractivity contribution in [2.45, 2.75) is 6.54 Å². The van der Waals surface area contributed by atoms with Gasteiger partial charge in [-0.05, 0) is 11.6 Å². The molecule has 0 bridgehead atoms. The monoisotopic (exact) mass is 286 g/mol. The van der Waals surface area contributed by atoms with Crippen LogP contribution in [0.1, 0.15) is 11.1 Å². The standard InChI is InChI=1S/C12H15ClN2S2/c13-11-7-9(12(14)16)1-2-10(11)8-15-3-5-17-6-4-15/h1-2,7H,3-6,8H2,(H2,14,16). The van der Waals surface area contributed by atoms with Gasteiger partial charge in [0.05, 0.1) is 0 Å². The minimum Gasteiger partial charge on any atom is -0.389 e. The van der Waals surface area contributed by atoms with Crippen molar-refractivity contribution in [3.8, 4) is 0 Å². The first-order valence-electron chi connectivity index (χ1n) is 5.55. The molecule has 0 saturated carbocycles. The average molecular weight is 287 g/mol. The predicted molar refractivity (Wildman–Crippen MR) is 79.9 cm³/mol. The van der Waals surface area contributed by atoms with E-state index in [4.69, 9.17) is 29.6 Å². The van der Waals surface area contributed by atoms with Gasteiger partial charge in [-0.3, -0.25) is 4.90 Å². The second kappa shape index (κ2) is 6.05. The summed E-state index contributed by atoms with van der Waals surface area (Å²) >= 11 is 13.2. The number of thiocarbonyl (C=S) groups is 1. The number of hydrogen-bond acceptors (Lipinski definition) is 3. The Kier molecular flexibility index (Phi) is 4.68. The number of nitrogens with two attached hydrogens (primary N) is 1. The van der Waals surface area contributed by atoms with Crippen LogP contribution < -0.4 is 5.73 Å². The number of rotatable bonds is 3. The Hall–Kier alpha value is -0.290. The number of nitrogens with zero attached hydrogens (tertiary/aromatic N) is 1. The maximum absolute atomic E-state index is 6.25. The first-order chi connectivity index (χ1) is 8.16. The van der Waals surface area contributed by atoms with E-state index in [-0.39, 0.29) is 0 Å². The van der Waals surface area contributed by atoms with E-state index in [0.29, 0.717) is 4.99 Å². The molecule has 5 heteroatoms. The smallest absolute Gasteiger partial charge is 0.104 e. The summed E-state index contributed by atoms with van der Waals surface area (Å²) in [6.07, 6.45) is 0. The lowest BCUT2D eigenvalue weighted by Crippen LogP contribution is -2.32. The molecule has 1 aromatic rings. The van der Waals surface area contributed by atoms with Crippen LogP contribution in [0.3, 0.4) is 0 Å². The first kappa shape index (κ1) is 13.1. The lowest BCUT2D eigenvalue weighted by atomic mass is 10.1. The Balaban J connectivity index is 2.08. The van der Waals surface area contributed by atoms with Crippen molar-refractivity contribution in [2.75, 3.05) is 24.6 Å². The third-order valence-electron chi connectivity index (χ3n) is 2.84. The van der Waals surface area contributed by atoms with E-state index in [1.807, 2.05) is 30.0 Å². The molecule has 1 fully saturated rings. The van der Waals surface area contributed by atoms with E-state index in [2.05, 4.69) is 4.90 Å². The van der Waals surface area contributed by atoms with E-state index in [0.717, 1.165) is 35.8 Å². The molecule has 1 aliphatic rings. The lowest BCUT2D eigenvalue weighted by Gasteiger charge is -2.26. The van der Waals surface area contributed by atoms with Crippen LogP contribution in [0.4, 0.5) is 0 Å². The quantitative estimate of drug-likeness (QED) is 0.865. The van der Waals surface area contributed by atoms with Crippen molar-refractivity contribution < 1.29 is 0 Å². The summed E-state index contributed by atoms with van der Waals surface area (Å²) in [4.78, 5) is 2.82. The molecule has 2 nitrogen and oxygen atoms in total. The zero-order valence-electron chi connectivity index (χ0n) is 9.49. The first-order valence-corrected chi connectivity index (χ1v) is 7.49. The molecule has 2 N–H and O–H groups in total. The molecule has 1 heterocycles. The van der Waals surface area contributed by atoms with Gasteiger partial charge in [0.2, 0.25) is 0 Å². The Bertz CT molecular complexity index is 417. The third kappa shape index (κ3) is 3.58. The fourth-order valence-electron chi connectivity index (χ4n) is 1.83. The predicted octanol–water partition coefficient (Wildman–Crippen LogP) is 2.52. The Morgan fingerprint density at radius 1 is 1.41 bits per heavy atom. The highest BCUT2D eigenvalue weighted by molar-refractivity contribution is 7.99. The summed E-state index contributed by atoms with van der Waals surface area (Å²) < 4.78 is 0. The van der Waals surface area contributed by atoms with Crippen molar-refractivity contribution in [1.82, 2.24) is 4.90 Å². The topological polar surface area (TPSA) is 29.3 Å². The third-order valence-corrected chi connectivity index (χ3v) is 4.37. The molecule has 92 valence electrons. The molecule has 1 aliphatic heterocycles. The van der Waals surface area contributed by atoms with Gasteiger partial charge in [-0.2, -0.15) is 11.8 Å². The Labute approximate surface area is 117 Å². The maximum Gasteiger partial charge on any atom is 0.104 e. The SMILES string of the molecule is NC(=S)c1ccc(CN2CCSCC2)c(Cl)c1. The summed E-state index contributed by atoms with van der Waals surface area (Å²) in [7, 11) is 0. The van der Waals surface area contributed by atoms with E-state index >= 15 is 0 Å². The highest BCUT2D eigenvalue weighted by atomic mass is 35.5. The van der Waals surface area contributed by atoms with Gasteiger partial charge in [0.1, 0.15) is 4.99 Å². The second-order valence-corrected chi connectivity index (χ2v) is 6.13. The van der Waals surface area contributed by atoms with Gasteiger partial charge < -0.3 is 5.73 Å². The fourth-order valence-corrected chi connectivity index (χ4v) is 3.17. The summed E-state index contributed by atoms with van der Waals surface area (Å²) in [6, 6.07) is 5.83. The van der Waals surface area contributed by atoms with Crippen LogP contribution in [0.25, 0.3) is 0 Å². The molecular weight excluding hydrogens is 272 g/mol. The van der Waals surface area contributed by atoms with Gasteiger partial charge in [-0.15, -0.1) is 0 Å². The van der Waals surface area contributed by atoms with Gasteiger partial charge >= 0.3 is 0 Å². The molecule has 0 atom stereocenters. The van der Waals surface area contributed by atoms with Crippen molar-refractivity contribution >= 4 is 40.6 Å². The molecule has 1 aromatic carbocycles. The molecule has 1 saturated heterocycles. The number of hydrogen-bond donors (Lipinski definition) is 1. The van der Waals surface area contributed by atoms with Crippen LogP contribution >= 0.6 is 35.6 Å². The Morgan fingerprint density at radius 3 is 2.71 bits per heavy atom. The molecule has 0 spiro atoms. The maximum atomic E-state index is 6.25. The highest BCUT2D eigenvalue weighted by Gasteiger charge is 2.12. The van der Waals surface area contributed by atoms with Crippen molar-refractivity contribution in [3.05, 3.63) is 34.3 Å². The van der Waals surface area contributed by atoms with Crippen LogP contribution in [0.2, 0.25) is 5.02 Å². The van der Waals surface area contributed by atoms with Crippen molar-refractivity contribution in [2.24, 2.45) is 5.73 Å². The lowest BCUT2D eigenvalue weighted by molar-refractivity contribution is 0.294. The highest BCUT2D eigenvalue weighted by Crippen LogP contribution is 2.21. The van der Waals surface area contributed by atoms with Crippen LogP contribution in [0, 0.1) is 0 Å². The average Bonchev–Trinajstić information content (AvgIpc) is 2.33. The number of thioether (sulfide) groups is 1. The van der Waals surface area contributed by atoms with Crippen LogP contribution in [0.5, 0.6) is 0 Å².